The van der Waals surface area contributed by atoms with Crippen molar-refractivity contribution >= 4 is 27.4 Å². The highest BCUT2D eigenvalue weighted by molar-refractivity contribution is 7.90. The van der Waals surface area contributed by atoms with Gasteiger partial charge in [0.05, 0.1) is 17.6 Å². The van der Waals surface area contributed by atoms with Gasteiger partial charge in [0.15, 0.2) is 15.9 Å². The Hall–Kier alpha value is -3.47. The lowest BCUT2D eigenvalue weighted by Crippen LogP contribution is -2.39. The summed E-state index contributed by atoms with van der Waals surface area (Å²) >= 11 is 6.16. The molecule has 3 aromatic rings. The topological polar surface area (TPSA) is 89.9 Å². The minimum atomic E-state index is -3.58. The third-order valence-corrected chi connectivity index (χ3v) is 6.67. The lowest BCUT2D eigenvalue weighted by molar-refractivity contribution is -0.150. The Labute approximate surface area is 216 Å². The van der Waals surface area contributed by atoms with Crippen LogP contribution >= 0.6 is 11.6 Å². The number of hydrogen-bond acceptors (Lipinski definition) is 5. The fourth-order valence-corrected chi connectivity index (χ4v) is 4.60. The van der Waals surface area contributed by atoms with Crippen LogP contribution in [0.2, 0.25) is 5.02 Å². The number of halogens is 1. The number of ether oxygens (including phenoxy) is 2. The molecule has 1 N–H and O–H groups in total. The summed E-state index contributed by atoms with van der Waals surface area (Å²) in [6, 6.07) is 16.8. The molecule has 0 amide bonds. The van der Waals surface area contributed by atoms with Gasteiger partial charge in [0.25, 0.3) is 0 Å². The van der Waals surface area contributed by atoms with Crippen LogP contribution in [-0.4, -0.2) is 39.0 Å². The maximum Gasteiger partial charge on any atom is 0.345 e. The van der Waals surface area contributed by atoms with Crippen molar-refractivity contribution in [1.29, 1.82) is 0 Å². The van der Waals surface area contributed by atoms with Crippen LogP contribution in [0.15, 0.2) is 65.6 Å². The molecule has 6 nitrogen and oxygen atoms in total. The van der Waals surface area contributed by atoms with Crippen LogP contribution in [0.3, 0.4) is 0 Å². The number of carbonyl (C=O) groups is 1. The van der Waals surface area contributed by atoms with Gasteiger partial charge in [-0.1, -0.05) is 62.4 Å². The van der Waals surface area contributed by atoms with Gasteiger partial charge in [-0.25, -0.2) is 13.2 Å². The summed E-state index contributed by atoms with van der Waals surface area (Å²) < 4.78 is 36.3. The summed E-state index contributed by atoms with van der Waals surface area (Å²) in [6.07, 6.45) is 0.0308. The van der Waals surface area contributed by atoms with Crippen LogP contribution in [-0.2, 0) is 14.6 Å². The number of carboxylic acid groups (broad SMARTS) is 1. The van der Waals surface area contributed by atoms with Crippen LogP contribution in [0.1, 0.15) is 31.9 Å². The highest BCUT2D eigenvalue weighted by atomic mass is 35.5. The Morgan fingerprint density at radius 2 is 1.75 bits per heavy atom. The molecule has 8 heteroatoms. The standard InChI is InChI=1S/C28H27ClO6S/c1-28(2,3)26(27(30)31)35-24-14-12-21(29)16-20(24)11-9-18-10-13-23(25(15-18)36(5,32)33)19-7-6-8-22(17-19)34-4/h6-8,10,12-17,26H,1-5H3,(H,30,31). The number of sulfone groups is 1. The Kier molecular flexibility index (Phi) is 8.02. The van der Waals surface area contributed by atoms with E-state index in [0.717, 1.165) is 6.26 Å². The van der Waals surface area contributed by atoms with Crippen LogP contribution in [0.5, 0.6) is 11.5 Å². The van der Waals surface area contributed by atoms with E-state index in [1.807, 2.05) is 6.07 Å². The number of benzene rings is 3. The summed E-state index contributed by atoms with van der Waals surface area (Å²) in [7, 11) is -2.04. The first-order valence-electron chi connectivity index (χ1n) is 11.0. The molecule has 0 aromatic heterocycles. The molecule has 0 radical (unpaired) electrons. The molecule has 0 aliphatic heterocycles. The van der Waals surface area contributed by atoms with E-state index in [1.54, 1.807) is 76.4 Å². The highest BCUT2D eigenvalue weighted by Crippen LogP contribution is 2.31. The molecule has 0 aliphatic rings. The molecule has 1 unspecified atom stereocenters. The molecule has 36 heavy (non-hydrogen) atoms. The third-order valence-electron chi connectivity index (χ3n) is 5.30. The van der Waals surface area contributed by atoms with Crippen molar-refractivity contribution in [3.8, 4) is 34.5 Å². The quantitative estimate of drug-likeness (QED) is 0.414. The second kappa shape index (κ2) is 10.7. The van der Waals surface area contributed by atoms with E-state index in [1.165, 1.54) is 6.07 Å². The zero-order valence-electron chi connectivity index (χ0n) is 20.6. The lowest BCUT2D eigenvalue weighted by atomic mass is 9.89. The zero-order valence-corrected chi connectivity index (χ0v) is 22.2. The molecule has 188 valence electrons. The highest BCUT2D eigenvalue weighted by Gasteiger charge is 2.33. The molecule has 1 atom stereocenters. The first-order valence-corrected chi connectivity index (χ1v) is 13.3. The molecule has 0 saturated carbocycles. The summed E-state index contributed by atoms with van der Waals surface area (Å²) in [5, 5.41) is 10.0. The fourth-order valence-electron chi connectivity index (χ4n) is 3.50. The van der Waals surface area contributed by atoms with Crippen LogP contribution in [0.4, 0.5) is 0 Å². The Morgan fingerprint density at radius 3 is 2.36 bits per heavy atom. The predicted molar refractivity (Wildman–Crippen MR) is 140 cm³/mol. The van der Waals surface area contributed by atoms with Crippen LogP contribution in [0.25, 0.3) is 11.1 Å². The summed E-state index contributed by atoms with van der Waals surface area (Å²) in [5.41, 5.74) is 1.40. The second-order valence-corrected chi connectivity index (χ2v) is 11.7. The van der Waals surface area contributed by atoms with Crippen molar-refractivity contribution < 1.29 is 27.8 Å². The lowest BCUT2D eigenvalue weighted by Gasteiger charge is -2.28. The average Bonchev–Trinajstić information content (AvgIpc) is 2.80. The van der Waals surface area contributed by atoms with Gasteiger partial charge in [0, 0.05) is 27.8 Å². The van der Waals surface area contributed by atoms with E-state index >= 15 is 0 Å². The molecular formula is C28H27ClO6S. The molecule has 0 spiro atoms. The SMILES string of the molecule is COc1cccc(-c2ccc(C#Cc3cc(Cl)ccc3OC(C(=O)O)C(C)(C)C)cc2S(C)(=O)=O)c1. The van der Waals surface area contributed by atoms with Gasteiger partial charge in [-0.05, 0) is 48.0 Å². The maximum atomic E-state index is 12.6. The van der Waals surface area contributed by atoms with Gasteiger partial charge in [0.2, 0.25) is 0 Å². The van der Waals surface area contributed by atoms with Crippen molar-refractivity contribution in [2.45, 2.75) is 31.8 Å². The van der Waals surface area contributed by atoms with Crippen molar-refractivity contribution in [1.82, 2.24) is 0 Å². The smallest absolute Gasteiger partial charge is 0.345 e. The van der Waals surface area contributed by atoms with Gasteiger partial charge in [0.1, 0.15) is 11.5 Å². The van der Waals surface area contributed by atoms with E-state index in [-0.39, 0.29) is 10.6 Å². The molecule has 3 rings (SSSR count). The van der Waals surface area contributed by atoms with E-state index < -0.39 is 27.3 Å². The largest absolute Gasteiger partial charge is 0.497 e. The van der Waals surface area contributed by atoms with Gasteiger partial charge >= 0.3 is 5.97 Å². The van der Waals surface area contributed by atoms with E-state index in [4.69, 9.17) is 21.1 Å². The predicted octanol–water partition coefficient (Wildman–Crippen LogP) is 5.70. The molecule has 0 saturated heterocycles. The van der Waals surface area contributed by atoms with E-state index in [2.05, 4.69) is 11.8 Å². The molecule has 0 fully saturated rings. The number of aliphatic carboxylic acids is 1. The second-order valence-electron chi connectivity index (χ2n) is 9.31. The van der Waals surface area contributed by atoms with Gasteiger partial charge in [-0.15, -0.1) is 0 Å². The fraction of sp³-hybridized carbons (Fsp3) is 0.250. The van der Waals surface area contributed by atoms with E-state index in [9.17, 15) is 18.3 Å². The monoisotopic (exact) mass is 526 g/mol. The van der Waals surface area contributed by atoms with Crippen molar-refractivity contribution in [3.05, 3.63) is 76.8 Å². The minimum absolute atomic E-state index is 0.129. The normalized spacial score (nSPS) is 12.3. The zero-order chi connectivity index (χ0) is 26.7. The third kappa shape index (κ3) is 6.60. The van der Waals surface area contributed by atoms with E-state index in [0.29, 0.717) is 33.0 Å². The Morgan fingerprint density at radius 1 is 1.03 bits per heavy atom. The maximum absolute atomic E-state index is 12.6. The summed E-state index contributed by atoms with van der Waals surface area (Å²) in [6.45, 7) is 5.30. The summed E-state index contributed by atoms with van der Waals surface area (Å²) in [5.74, 6) is 5.70. The molecule has 3 aromatic carbocycles. The number of carboxylic acids is 1. The number of rotatable bonds is 6. The molecule has 0 bridgehead atoms. The molecule has 0 aliphatic carbocycles. The van der Waals surface area contributed by atoms with Crippen molar-refractivity contribution in [2.24, 2.45) is 5.41 Å². The van der Waals surface area contributed by atoms with Gasteiger partial charge < -0.3 is 14.6 Å². The van der Waals surface area contributed by atoms with Crippen molar-refractivity contribution in [3.63, 3.8) is 0 Å². The van der Waals surface area contributed by atoms with Crippen molar-refractivity contribution in [2.75, 3.05) is 13.4 Å². The Balaban J connectivity index is 2.06. The van der Waals surface area contributed by atoms with Gasteiger partial charge in [-0.2, -0.15) is 0 Å². The number of hydrogen-bond donors (Lipinski definition) is 1. The first-order chi connectivity index (χ1) is 16.8. The minimum Gasteiger partial charge on any atom is -0.497 e. The molecular weight excluding hydrogens is 500 g/mol. The average molecular weight is 527 g/mol. The first kappa shape index (κ1) is 27.1. The summed E-state index contributed by atoms with van der Waals surface area (Å²) in [4.78, 5) is 11.9. The molecule has 0 heterocycles. The number of methoxy groups -OCH3 is 1. The van der Waals surface area contributed by atoms with Crippen LogP contribution in [0, 0.1) is 17.3 Å². The van der Waals surface area contributed by atoms with Gasteiger partial charge in [-0.3, -0.25) is 0 Å². The van der Waals surface area contributed by atoms with Crippen LogP contribution < -0.4 is 9.47 Å². The Bertz CT molecular complexity index is 1460.